The van der Waals surface area contributed by atoms with Crippen molar-refractivity contribution in [1.29, 1.82) is 0 Å². The second-order valence-electron chi connectivity index (χ2n) is 5.94. The molecule has 2 rings (SSSR count). The van der Waals surface area contributed by atoms with Crippen LogP contribution in [0, 0.1) is 5.92 Å². The highest BCUT2D eigenvalue weighted by molar-refractivity contribution is 7.99. The summed E-state index contributed by atoms with van der Waals surface area (Å²) in [6, 6.07) is 1.57. The van der Waals surface area contributed by atoms with E-state index in [4.69, 9.17) is 0 Å². The van der Waals surface area contributed by atoms with Gasteiger partial charge in [-0.15, -0.1) is 0 Å². The number of thioether (sulfide) groups is 1. The van der Waals surface area contributed by atoms with E-state index in [0.717, 1.165) is 23.3 Å². The molecule has 0 spiro atoms. The summed E-state index contributed by atoms with van der Waals surface area (Å²) >= 11 is 2.17. The maximum atomic E-state index is 3.92. The summed E-state index contributed by atoms with van der Waals surface area (Å²) in [5.74, 6) is 2.25. The Morgan fingerprint density at radius 3 is 2.59 bits per heavy atom. The van der Waals surface area contributed by atoms with E-state index in [1.165, 1.54) is 57.1 Å². The lowest BCUT2D eigenvalue weighted by Gasteiger charge is -2.30. The van der Waals surface area contributed by atoms with Crippen molar-refractivity contribution < 1.29 is 0 Å². The summed E-state index contributed by atoms with van der Waals surface area (Å²) in [6.07, 6.45) is 11.6. The third-order valence-electron chi connectivity index (χ3n) is 4.64. The van der Waals surface area contributed by atoms with E-state index >= 15 is 0 Å². The minimum absolute atomic E-state index is 0.755. The van der Waals surface area contributed by atoms with E-state index < -0.39 is 0 Å². The average molecular weight is 255 g/mol. The highest BCUT2D eigenvalue weighted by Gasteiger charge is 2.28. The third kappa shape index (κ3) is 4.17. The Labute approximate surface area is 112 Å². The summed E-state index contributed by atoms with van der Waals surface area (Å²) in [5.41, 5.74) is 0. The molecule has 1 nitrogen and oxygen atoms in total. The van der Waals surface area contributed by atoms with E-state index in [9.17, 15) is 0 Å². The molecule has 100 valence electrons. The summed E-state index contributed by atoms with van der Waals surface area (Å²) in [4.78, 5) is 0. The van der Waals surface area contributed by atoms with Gasteiger partial charge in [-0.25, -0.2) is 0 Å². The van der Waals surface area contributed by atoms with Gasteiger partial charge in [0.2, 0.25) is 0 Å². The van der Waals surface area contributed by atoms with Crippen molar-refractivity contribution in [2.45, 2.75) is 82.5 Å². The zero-order valence-corrected chi connectivity index (χ0v) is 12.4. The number of hydrogen-bond donors (Lipinski definition) is 1. The molecular formula is C15H29NS. The lowest BCUT2D eigenvalue weighted by Crippen LogP contribution is -2.40. The van der Waals surface area contributed by atoms with E-state index in [-0.39, 0.29) is 0 Å². The highest BCUT2D eigenvalue weighted by Crippen LogP contribution is 2.32. The van der Waals surface area contributed by atoms with Crippen LogP contribution in [0.3, 0.4) is 0 Å². The van der Waals surface area contributed by atoms with E-state index in [0.29, 0.717) is 0 Å². The molecule has 0 saturated heterocycles. The third-order valence-corrected chi connectivity index (χ3v) is 5.88. The molecule has 2 heteroatoms. The van der Waals surface area contributed by atoms with Gasteiger partial charge in [-0.2, -0.15) is 11.8 Å². The summed E-state index contributed by atoms with van der Waals surface area (Å²) in [6.45, 7) is 4.71. The normalized spacial score (nSPS) is 32.8. The van der Waals surface area contributed by atoms with Gasteiger partial charge in [0.25, 0.3) is 0 Å². The van der Waals surface area contributed by atoms with Crippen molar-refractivity contribution in [3.05, 3.63) is 0 Å². The molecule has 0 heterocycles. The van der Waals surface area contributed by atoms with Crippen LogP contribution in [0.15, 0.2) is 0 Å². The lowest BCUT2D eigenvalue weighted by atomic mass is 9.84. The minimum atomic E-state index is 0.755. The molecule has 1 N–H and O–H groups in total. The Morgan fingerprint density at radius 2 is 1.88 bits per heavy atom. The van der Waals surface area contributed by atoms with Gasteiger partial charge in [0.1, 0.15) is 0 Å². The molecule has 0 aromatic rings. The molecule has 2 aliphatic carbocycles. The highest BCUT2D eigenvalue weighted by atomic mass is 32.2. The predicted octanol–water partition coefficient (Wildman–Crippen LogP) is 4.22. The second-order valence-corrected chi connectivity index (χ2v) is 7.52. The maximum absolute atomic E-state index is 3.92. The monoisotopic (exact) mass is 255 g/mol. The summed E-state index contributed by atoms with van der Waals surface area (Å²) < 4.78 is 0. The molecule has 0 aromatic heterocycles. The number of rotatable bonds is 5. The van der Waals surface area contributed by atoms with E-state index in [1.54, 1.807) is 0 Å². The van der Waals surface area contributed by atoms with Gasteiger partial charge in [-0.1, -0.05) is 26.2 Å². The van der Waals surface area contributed by atoms with Gasteiger partial charge < -0.3 is 5.32 Å². The van der Waals surface area contributed by atoms with Crippen LogP contribution < -0.4 is 5.32 Å². The zero-order valence-electron chi connectivity index (χ0n) is 11.6. The van der Waals surface area contributed by atoms with Gasteiger partial charge >= 0.3 is 0 Å². The van der Waals surface area contributed by atoms with Crippen LogP contribution in [0.2, 0.25) is 0 Å². The van der Waals surface area contributed by atoms with E-state index in [1.807, 2.05) is 0 Å². The second kappa shape index (κ2) is 7.04. The van der Waals surface area contributed by atoms with Crippen molar-refractivity contribution in [2.24, 2.45) is 5.92 Å². The average Bonchev–Trinajstić information content (AvgIpc) is 2.78. The first kappa shape index (κ1) is 13.7. The Hall–Kier alpha value is 0.310. The molecule has 0 bridgehead atoms. The molecule has 2 saturated carbocycles. The van der Waals surface area contributed by atoms with Crippen molar-refractivity contribution in [3.63, 3.8) is 0 Å². The van der Waals surface area contributed by atoms with Gasteiger partial charge in [0.05, 0.1) is 0 Å². The molecule has 0 aromatic carbocycles. The fraction of sp³-hybridized carbons (Fsp3) is 1.00. The van der Waals surface area contributed by atoms with Gasteiger partial charge in [0, 0.05) is 17.3 Å². The Kier molecular flexibility index (Phi) is 5.68. The first-order valence-electron chi connectivity index (χ1n) is 7.67. The Bertz CT molecular complexity index is 213. The fourth-order valence-electron chi connectivity index (χ4n) is 3.62. The predicted molar refractivity (Wildman–Crippen MR) is 78.7 cm³/mol. The largest absolute Gasteiger partial charge is 0.311 e. The molecule has 17 heavy (non-hydrogen) atoms. The molecule has 3 atom stereocenters. The van der Waals surface area contributed by atoms with E-state index in [2.05, 4.69) is 30.9 Å². The zero-order chi connectivity index (χ0) is 12.1. The van der Waals surface area contributed by atoms with Gasteiger partial charge in [-0.05, 0) is 50.7 Å². The van der Waals surface area contributed by atoms with Crippen molar-refractivity contribution in [3.8, 4) is 0 Å². The minimum Gasteiger partial charge on any atom is -0.311 e. The molecule has 2 fully saturated rings. The lowest BCUT2D eigenvalue weighted by molar-refractivity contribution is 0.264. The van der Waals surface area contributed by atoms with Crippen LogP contribution in [0.4, 0.5) is 0 Å². The van der Waals surface area contributed by atoms with Crippen LogP contribution >= 0.6 is 11.8 Å². The van der Waals surface area contributed by atoms with Gasteiger partial charge in [0.15, 0.2) is 0 Å². The van der Waals surface area contributed by atoms with Crippen molar-refractivity contribution in [2.75, 3.05) is 5.75 Å². The smallest absolute Gasteiger partial charge is 0.00805 e. The fourth-order valence-corrected chi connectivity index (χ4v) is 4.76. The van der Waals surface area contributed by atoms with Crippen LogP contribution in [0.5, 0.6) is 0 Å². The molecular weight excluding hydrogens is 226 g/mol. The number of hydrogen-bond acceptors (Lipinski definition) is 2. The summed E-state index contributed by atoms with van der Waals surface area (Å²) in [5, 5.41) is 4.86. The Morgan fingerprint density at radius 1 is 1.12 bits per heavy atom. The van der Waals surface area contributed by atoms with Crippen LogP contribution in [0.1, 0.15) is 65.2 Å². The summed E-state index contributed by atoms with van der Waals surface area (Å²) in [7, 11) is 0. The first-order valence-corrected chi connectivity index (χ1v) is 8.72. The van der Waals surface area contributed by atoms with Crippen molar-refractivity contribution in [1.82, 2.24) is 5.32 Å². The van der Waals surface area contributed by atoms with Crippen LogP contribution in [0.25, 0.3) is 0 Å². The molecule has 3 unspecified atom stereocenters. The molecule has 0 aliphatic heterocycles. The maximum Gasteiger partial charge on any atom is 0.00805 e. The van der Waals surface area contributed by atoms with Crippen LogP contribution in [-0.2, 0) is 0 Å². The van der Waals surface area contributed by atoms with Crippen LogP contribution in [-0.4, -0.2) is 23.1 Å². The van der Waals surface area contributed by atoms with Crippen molar-refractivity contribution >= 4 is 11.8 Å². The molecule has 2 aliphatic rings. The first-order chi connectivity index (χ1) is 8.29. The standard InChI is InChI=1S/C15H29NS/c1-3-17-15-10-9-14(11-15)16-12(2)13-7-5-4-6-8-13/h12-16H,3-11H2,1-2H3. The number of nitrogens with one attached hydrogen (secondary N) is 1. The quantitative estimate of drug-likeness (QED) is 0.789. The Balaban J connectivity index is 1.69. The molecule has 0 amide bonds. The van der Waals surface area contributed by atoms with Gasteiger partial charge in [-0.3, -0.25) is 0 Å². The molecule has 0 radical (unpaired) electrons. The SMILES string of the molecule is CCSC1CCC(NC(C)C2CCCCC2)C1. The topological polar surface area (TPSA) is 12.0 Å².